The number of H-pyrrole nitrogens is 1. The summed E-state index contributed by atoms with van der Waals surface area (Å²) in [4.78, 5) is 32.4. The summed E-state index contributed by atoms with van der Waals surface area (Å²) < 4.78 is 44.8. The topological polar surface area (TPSA) is 180 Å². The van der Waals surface area contributed by atoms with E-state index in [0.717, 1.165) is 45.2 Å². The Morgan fingerprint density at radius 3 is 2.65 bits per heavy atom. The minimum Gasteiger partial charge on any atom is -0.487 e. The third-order valence-electron chi connectivity index (χ3n) is 7.83. The molecule has 2 saturated heterocycles. The van der Waals surface area contributed by atoms with Crippen molar-refractivity contribution in [2.45, 2.75) is 28.7 Å². The van der Waals surface area contributed by atoms with Gasteiger partial charge in [-0.3, -0.25) is 19.8 Å². The molecule has 224 valence electrons. The molecule has 14 heteroatoms. The van der Waals surface area contributed by atoms with Crippen LogP contribution in [0.4, 0.5) is 5.69 Å². The first kappa shape index (κ1) is 28.6. The van der Waals surface area contributed by atoms with Crippen LogP contribution in [0, 0.1) is 16.0 Å². The number of nitro benzene ring substituents is 1. The lowest BCUT2D eigenvalue weighted by molar-refractivity contribution is -0.386. The van der Waals surface area contributed by atoms with Crippen LogP contribution in [-0.2, 0) is 14.6 Å². The number of aromatic nitrogens is 2. The third-order valence-corrected chi connectivity index (χ3v) is 9.60. The second-order valence-corrected chi connectivity index (χ2v) is 12.5. The maximum atomic E-state index is 13.9. The Balaban J connectivity index is 1.26. The van der Waals surface area contributed by atoms with Gasteiger partial charge in [-0.05, 0) is 68.2 Å². The molecule has 43 heavy (non-hydrogen) atoms. The lowest BCUT2D eigenvalue weighted by atomic mass is 9.96. The second kappa shape index (κ2) is 11.6. The van der Waals surface area contributed by atoms with Crippen molar-refractivity contribution in [3.63, 3.8) is 0 Å². The van der Waals surface area contributed by atoms with Crippen molar-refractivity contribution in [2.24, 2.45) is 11.7 Å². The zero-order valence-electron chi connectivity index (χ0n) is 23.0. The molecule has 2 aromatic carbocycles. The molecular weight excluding hydrogens is 578 g/mol. The van der Waals surface area contributed by atoms with Gasteiger partial charge in [0.25, 0.3) is 5.91 Å². The molecule has 0 radical (unpaired) electrons. The van der Waals surface area contributed by atoms with Gasteiger partial charge in [-0.1, -0.05) is 6.07 Å². The number of aromatic amines is 1. The molecule has 0 unspecified atom stereocenters. The van der Waals surface area contributed by atoms with Crippen LogP contribution in [0.15, 0.2) is 70.7 Å². The van der Waals surface area contributed by atoms with Crippen LogP contribution in [0.1, 0.15) is 23.2 Å². The Kier molecular flexibility index (Phi) is 7.73. The molecular formula is C29H29N5O8S. The normalized spacial score (nSPS) is 16.6. The first-order valence-corrected chi connectivity index (χ1v) is 15.2. The van der Waals surface area contributed by atoms with E-state index in [1.165, 1.54) is 36.5 Å². The number of rotatable bonds is 10. The summed E-state index contributed by atoms with van der Waals surface area (Å²) in [5.41, 5.74) is 5.48. The number of pyridine rings is 1. The predicted octanol–water partition coefficient (Wildman–Crippen LogP) is 3.68. The van der Waals surface area contributed by atoms with E-state index >= 15 is 0 Å². The molecule has 13 nitrogen and oxygen atoms in total. The number of ether oxygens (including phenoxy) is 3. The van der Waals surface area contributed by atoms with Gasteiger partial charge in [0.15, 0.2) is 11.5 Å². The number of nitro groups is 1. The largest absolute Gasteiger partial charge is 0.487 e. The number of amides is 1. The highest BCUT2D eigenvalue weighted by molar-refractivity contribution is 7.91. The van der Waals surface area contributed by atoms with E-state index in [1.54, 1.807) is 18.3 Å². The Bertz CT molecular complexity index is 1800. The lowest BCUT2D eigenvalue weighted by Gasteiger charge is -2.41. The zero-order valence-corrected chi connectivity index (χ0v) is 23.8. The molecule has 6 rings (SSSR count). The van der Waals surface area contributed by atoms with Gasteiger partial charge in [0.05, 0.1) is 47.4 Å². The summed E-state index contributed by atoms with van der Waals surface area (Å²) in [6.45, 7) is 3.60. The molecule has 0 spiro atoms. The molecule has 0 atom stereocenters. The first-order chi connectivity index (χ1) is 20.7. The van der Waals surface area contributed by atoms with Gasteiger partial charge < -0.3 is 24.9 Å². The summed E-state index contributed by atoms with van der Waals surface area (Å²) in [5.74, 6) is -0.860. The number of para-hydroxylation sites is 1. The minimum atomic E-state index is -4.43. The van der Waals surface area contributed by atoms with E-state index in [0.29, 0.717) is 17.1 Å². The lowest BCUT2D eigenvalue weighted by Crippen LogP contribution is -2.52. The molecule has 2 aliphatic heterocycles. The van der Waals surface area contributed by atoms with Crippen LogP contribution in [0.5, 0.6) is 17.2 Å². The zero-order chi connectivity index (χ0) is 30.1. The molecule has 2 fully saturated rings. The highest BCUT2D eigenvalue weighted by Gasteiger charge is 2.32. The number of nitrogens with two attached hydrogens (primary N) is 1. The quantitative estimate of drug-likeness (QED) is 0.199. The number of piperidine rings is 1. The Morgan fingerprint density at radius 1 is 1.16 bits per heavy atom. The van der Waals surface area contributed by atoms with Gasteiger partial charge in [0.1, 0.15) is 16.3 Å². The summed E-state index contributed by atoms with van der Waals surface area (Å²) >= 11 is 0. The van der Waals surface area contributed by atoms with Gasteiger partial charge in [-0.25, -0.2) is 13.4 Å². The fourth-order valence-electron chi connectivity index (χ4n) is 5.30. The van der Waals surface area contributed by atoms with Crippen molar-refractivity contribution in [1.29, 1.82) is 0 Å². The van der Waals surface area contributed by atoms with Gasteiger partial charge in [0.2, 0.25) is 9.84 Å². The molecule has 0 aliphatic carbocycles. The molecule has 4 heterocycles. The van der Waals surface area contributed by atoms with Crippen LogP contribution in [0.3, 0.4) is 0 Å². The van der Waals surface area contributed by atoms with Crippen LogP contribution in [-0.4, -0.2) is 73.1 Å². The molecule has 2 aliphatic rings. The number of primary amides is 1. The number of hydrogen-bond acceptors (Lipinski definition) is 10. The van der Waals surface area contributed by atoms with E-state index in [2.05, 4.69) is 14.9 Å². The molecule has 0 bridgehead atoms. The maximum Gasteiger partial charge on any atom is 0.312 e. The number of nitrogens with zero attached hydrogens (tertiary/aromatic N) is 3. The average molecular weight is 608 g/mol. The van der Waals surface area contributed by atoms with E-state index in [1.807, 2.05) is 0 Å². The average Bonchev–Trinajstić information content (AvgIpc) is 3.44. The van der Waals surface area contributed by atoms with E-state index in [-0.39, 0.29) is 45.1 Å². The minimum absolute atomic E-state index is 0.0213. The second-order valence-electron chi connectivity index (χ2n) is 10.6. The maximum absolute atomic E-state index is 13.9. The van der Waals surface area contributed by atoms with Crippen molar-refractivity contribution in [1.82, 2.24) is 14.9 Å². The van der Waals surface area contributed by atoms with E-state index in [9.17, 15) is 23.3 Å². The highest BCUT2D eigenvalue weighted by atomic mass is 32.2. The molecule has 0 saturated carbocycles. The van der Waals surface area contributed by atoms with Crippen LogP contribution < -0.4 is 15.2 Å². The van der Waals surface area contributed by atoms with Crippen molar-refractivity contribution in [3.8, 4) is 17.2 Å². The fourth-order valence-corrected chi connectivity index (χ4v) is 6.72. The summed E-state index contributed by atoms with van der Waals surface area (Å²) in [5, 5.41) is 12.7. The fraction of sp³-hybridized carbons (Fsp3) is 0.310. The van der Waals surface area contributed by atoms with Gasteiger partial charge >= 0.3 is 5.69 Å². The molecule has 1 amide bonds. The molecule has 2 aromatic heterocycles. The Morgan fingerprint density at radius 2 is 1.95 bits per heavy atom. The van der Waals surface area contributed by atoms with Crippen molar-refractivity contribution < 1.29 is 32.3 Å². The monoisotopic (exact) mass is 607 g/mol. The number of likely N-dealkylation sites (tertiary alicyclic amines) is 1. The first-order valence-electron chi connectivity index (χ1n) is 13.7. The molecule has 4 aromatic rings. The summed E-state index contributed by atoms with van der Waals surface area (Å²) in [7, 11) is -4.43. The number of nitrogens with one attached hydrogen (secondary N) is 1. The van der Waals surface area contributed by atoms with E-state index < -0.39 is 26.4 Å². The van der Waals surface area contributed by atoms with Crippen LogP contribution in [0.2, 0.25) is 0 Å². The number of carbonyl (C=O) groups is 1. The van der Waals surface area contributed by atoms with Crippen molar-refractivity contribution in [2.75, 3.05) is 32.9 Å². The molecule has 3 N–H and O–H groups in total. The van der Waals surface area contributed by atoms with E-state index in [4.69, 9.17) is 19.9 Å². The van der Waals surface area contributed by atoms with Gasteiger partial charge in [-0.2, -0.15) is 0 Å². The predicted molar refractivity (Wildman–Crippen MR) is 154 cm³/mol. The number of hydrogen-bond donors (Lipinski definition) is 2. The summed E-state index contributed by atoms with van der Waals surface area (Å²) in [6, 6.07) is 11.3. The smallest absolute Gasteiger partial charge is 0.312 e. The highest BCUT2D eigenvalue weighted by Crippen LogP contribution is 2.39. The van der Waals surface area contributed by atoms with Gasteiger partial charge in [0, 0.05) is 17.6 Å². The van der Waals surface area contributed by atoms with Crippen LogP contribution >= 0.6 is 0 Å². The number of benzene rings is 2. The Hall–Kier alpha value is -4.53. The third kappa shape index (κ3) is 5.76. The van der Waals surface area contributed by atoms with Gasteiger partial charge in [-0.15, -0.1) is 0 Å². The number of sulfone groups is 1. The number of carbonyl (C=O) groups excluding carboxylic acids is 1. The standard InChI is InChI=1S/C29H29N5O8S/c30-28(35)23-2-1-3-26(27(23)42-21-12-19-6-9-31-29(19)32-14-21)43(38,39)22-4-5-25(24(13-22)34(36)37)41-15-18-7-10-33(11-8-18)20-16-40-17-20/h1-6,9,12-14,18,20H,7-8,10-11,15-17H2,(H2,30,35)(H,31,32). The Labute approximate surface area is 246 Å². The summed E-state index contributed by atoms with van der Waals surface area (Å²) in [6.07, 6.45) is 4.84. The van der Waals surface area contributed by atoms with Crippen molar-refractivity contribution >= 4 is 32.5 Å². The number of fused-ring (bicyclic) bond motifs is 1. The van der Waals surface area contributed by atoms with Crippen molar-refractivity contribution in [3.05, 3.63) is 76.6 Å². The SMILES string of the molecule is NC(=O)c1cccc(S(=O)(=O)c2ccc(OCC3CCN(C4COC4)CC3)c([N+](=O)[O-])c2)c1Oc1cnc2[nH]ccc2c1. The van der Waals surface area contributed by atoms with Crippen LogP contribution in [0.25, 0.3) is 11.0 Å².